The van der Waals surface area contributed by atoms with Gasteiger partial charge >= 0.3 is 12.1 Å². The van der Waals surface area contributed by atoms with Crippen LogP contribution >= 0.6 is 0 Å². The van der Waals surface area contributed by atoms with Gasteiger partial charge in [-0.2, -0.15) is 0 Å². The second-order valence-corrected chi connectivity index (χ2v) is 17.8. The zero-order chi connectivity index (χ0) is 56.3. The van der Waals surface area contributed by atoms with E-state index in [0.717, 1.165) is 17.0 Å². The highest BCUT2D eigenvalue weighted by Gasteiger charge is 2.29. The fourth-order valence-electron chi connectivity index (χ4n) is 6.78. The number of amides is 7. The van der Waals surface area contributed by atoms with E-state index in [1.165, 1.54) is 4.90 Å². The van der Waals surface area contributed by atoms with Crippen molar-refractivity contribution < 1.29 is 71.4 Å². The minimum absolute atomic E-state index is 0.00386. The molecule has 2 rings (SSSR count). The topological polar surface area (TPSA) is 300 Å². The average Bonchev–Trinajstić information content (AvgIpc) is 3.40. The van der Waals surface area contributed by atoms with E-state index in [9.17, 15) is 28.8 Å². The highest BCUT2D eigenvalue weighted by molar-refractivity contribution is 5.98. The fourth-order valence-corrected chi connectivity index (χ4v) is 6.78. The molecule has 24 heteroatoms. The second-order valence-electron chi connectivity index (χ2n) is 17.8. The van der Waals surface area contributed by atoms with Gasteiger partial charge in [-0.05, 0) is 74.5 Å². The van der Waals surface area contributed by atoms with Crippen LogP contribution < -0.4 is 37.6 Å². The first-order valence-electron chi connectivity index (χ1n) is 26.3. The van der Waals surface area contributed by atoms with Crippen molar-refractivity contribution in [2.24, 2.45) is 11.7 Å². The molecule has 0 aliphatic carbocycles. The molecule has 2 aromatic rings. The van der Waals surface area contributed by atoms with Gasteiger partial charge < -0.3 is 85.2 Å². The van der Waals surface area contributed by atoms with Crippen LogP contribution in [-0.2, 0) is 74.8 Å². The number of hydrogen-bond donors (Lipinski definition) is 7. The minimum atomic E-state index is -1.01. The number of nitrogens with zero attached hydrogens (tertiary/aromatic N) is 2. The number of benzene rings is 1. The summed E-state index contributed by atoms with van der Waals surface area (Å²) in [4.78, 5) is 81.3. The Morgan fingerprint density at radius 3 is 1.74 bits per heavy atom. The molecule has 0 aliphatic heterocycles. The van der Waals surface area contributed by atoms with Gasteiger partial charge in [0, 0.05) is 63.1 Å². The number of likely N-dealkylation sites (N-methyl/N-ethyl adjacent to an activating group) is 2. The number of primary amides is 1. The van der Waals surface area contributed by atoms with Crippen LogP contribution in [0, 0.1) is 12.8 Å². The number of urea groups is 1. The quantitative estimate of drug-likeness (QED) is 0.0467. The van der Waals surface area contributed by atoms with Crippen molar-refractivity contribution in [1.82, 2.24) is 36.5 Å². The van der Waals surface area contributed by atoms with Crippen LogP contribution in [-0.4, -0.2) is 204 Å². The fraction of sp³-hybridized carbons (Fsp3) is 0.642. The number of rotatable bonds is 46. The molecule has 7 amide bonds. The van der Waals surface area contributed by atoms with Crippen molar-refractivity contribution in [3.05, 3.63) is 65.5 Å². The van der Waals surface area contributed by atoms with Crippen molar-refractivity contribution in [3.8, 4) is 0 Å². The molecule has 1 aromatic carbocycles. The third kappa shape index (κ3) is 34.5. The average molecular weight is 1090 g/mol. The van der Waals surface area contributed by atoms with Gasteiger partial charge in [-0.1, -0.05) is 38.6 Å². The Morgan fingerprint density at radius 2 is 1.22 bits per heavy atom. The highest BCUT2D eigenvalue weighted by atomic mass is 16.6. The number of carbonyl (C=O) groups is 6. The summed E-state index contributed by atoms with van der Waals surface area (Å²) in [5.41, 5.74) is 9.11. The number of ether oxygens (including phenoxy) is 9. The molecule has 0 fully saturated rings. The summed E-state index contributed by atoms with van der Waals surface area (Å²) in [6.45, 7) is 17.0. The van der Waals surface area contributed by atoms with Gasteiger partial charge in [0.25, 0.3) is 0 Å². The van der Waals surface area contributed by atoms with Gasteiger partial charge in [0.15, 0.2) is 0 Å². The summed E-state index contributed by atoms with van der Waals surface area (Å²) in [5, 5.41) is 16.6. The molecule has 2 atom stereocenters. The molecule has 24 nitrogen and oxygen atoms in total. The Morgan fingerprint density at radius 1 is 0.675 bits per heavy atom. The molecule has 0 saturated heterocycles. The first kappa shape index (κ1) is 67.3. The molecule has 0 radical (unpaired) electrons. The van der Waals surface area contributed by atoms with Crippen molar-refractivity contribution in [2.75, 3.05) is 151 Å². The third-order valence-electron chi connectivity index (χ3n) is 11.0. The number of nitrogens with two attached hydrogens (primary N) is 1. The molecule has 0 aliphatic rings. The molecule has 1 aromatic heterocycles. The van der Waals surface area contributed by atoms with Gasteiger partial charge in [-0.3, -0.25) is 24.2 Å². The van der Waals surface area contributed by atoms with Gasteiger partial charge in [0.1, 0.15) is 18.7 Å². The van der Waals surface area contributed by atoms with Crippen molar-refractivity contribution >= 4 is 47.5 Å². The third-order valence-corrected chi connectivity index (χ3v) is 11.0. The van der Waals surface area contributed by atoms with E-state index >= 15 is 0 Å². The zero-order valence-electron chi connectivity index (χ0n) is 46.0. The van der Waals surface area contributed by atoms with Crippen LogP contribution in [0.2, 0.25) is 0 Å². The number of hydrogen-bond acceptors (Lipinski definition) is 17. The zero-order valence-corrected chi connectivity index (χ0v) is 46.0. The number of aromatic nitrogens is 1. The summed E-state index contributed by atoms with van der Waals surface area (Å²) < 4.78 is 49.5. The van der Waals surface area contributed by atoms with E-state index < -0.39 is 41.9 Å². The molecule has 1 heterocycles. The van der Waals surface area contributed by atoms with Crippen LogP contribution in [0.4, 0.5) is 15.3 Å². The van der Waals surface area contributed by atoms with E-state index in [-0.39, 0.29) is 51.0 Å². The lowest BCUT2D eigenvalue weighted by Crippen LogP contribution is -2.54. The Hall–Kier alpha value is -5.83. The summed E-state index contributed by atoms with van der Waals surface area (Å²) in [5.74, 6) is -1.82. The normalized spacial score (nSPS) is 11.9. The Balaban J connectivity index is 1.46. The predicted molar refractivity (Wildman–Crippen MR) is 289 cm³/mol. The maximum absolute atomic E-state index is 13.5. The molecule has 8 N–H and O–H groups in total. The molecule has 434 valence electrons. The molecule has 0 saturated carbocycles. The number of anilines is 1. The van der Waals surface area contributed by atoms with Crippen LogP contribution in [0.1, 0.15) is 62.0 Å². The van der Waals surface area contributed by atoms with E-state index in [4.69, 9.17) is 48.4 Å². The molecule has 0 spiro atoms. The van der Waals surface area contributed by atoms with E-state index in [0.29, 0.717) is 143 Å². The van der Waals surface area contributed by atoms with E-state index in [1.54, 1.807) is 58.3 Å². The Kier molecular flexibility index (Phi) is 37.7. The number of aryl methyl sites for hydroxylation is 2. The Bertz CT molecular complexity index is 1980. The maximum Gasteiger partial charge on any atom is 0.409 e. The van der Waals surface area contributed by atoms with Crippen LogP contribution in [0.3, 0.4) is 0 Å². The smallest absolute Gasteiger partial charge is 0.409 e. The molecular formula is C53H87N9O15. The van der Waals surface area contributed by atoms with E-state index in [1.807, 2.05) is 19.1 Å². The number of carbonyl (C=O) groups excluding carboxylic acids is 6. The lowest BCUT2D eigenvalue weighted by molar-refractivity contribution is -0.132. The van der Waals surface area contributed by atoms with Crippen LogP contribution in [0.5, 0.6) is 0 Å². The maximum atomic E-state index is 13.5. The molecule has 0 bridgehead atoms. The van der Waals surface area contributed by atoms with Gasteiger partial charge in [0.05, 0.1) is 106 Å². The lowest BCUT2D eigenvalue weighted by Gasteiger charge is -2.25. The number of pyridine rings is 1. The first-order chi connectivity index (χ1) is 37.2. The second kappa shape index (κ2) is 43.2. The first-order valence-corrected chi connectivity index (χ1v) is 26.3. The monoisotopic (exact) mass is 1090 g/mol. The molecule has 0 unspecified atom stereocenters. The van der Waals surface area contributed by atoms with Gasteiger partial charge in [0.2, 0.25) is 23.6 Å². The Labute approximate surface area is 454 Å². The minimum Gasteiger partial charge on any atom is -0.445 e. The van der Waals surface area contributed by atoms with Crippen LogP contribution in [0.15, 0.2) is 43.0 Å². The molecular weight excluding hydrogens is 1000 g/mol. The van der Waals surface area contributed by atoms with Crippen LogP contribution in [0.25, 0.3) is 6.08 Å². The predicted octanol–water partition coefficient (Wildman–Crippen LogP) is 2.11. The van der Waals surface area contributed by atoms with Crippen molar-refractivity contribution in [2.45, 2.75) is 71.6 Å². The summed E-state index contributed by atoms with van der Waals surface area (Å²) in [6, 6.07) is 7.94. The SMILES string of the molecule is C=Cc1cc(C)nc(CCC(=O)NCCOCCOCCOCCOCCOCCOCCOCCOCCC(=O)N[C@H](C(=O)N[C@@H](CCCNC(N)=O)C(=O)Nc2ccc(COC(=O)N(C)CCNC)cc2)C(C)C)c1. The summed E-state index contributed by atoms with van der Waals surface area (Å²) in [6.07, 6.45) is 2.71. The number of nitrogens with one attached hydrogen (secondary N) is 6. The van der Waals surface area contributed by atoms with Gasteiger partial charge in [-0.15, -0.1) is 0 Å². The van der Waals surface area contributed by atoms with Crippen molar-refractivity contribution in [3.63, 3.8) is 0 Å². The largest absolute Gasteiger partial charge is 0.445 e. The lowest BCUT2D eigenvalue weighted by atomic mass is 10.0. The standard InChI is InChI=1S/C53H87N9O15/c1-7-42-37-41(4)58-45(38-42)14-15-47(63)56-19-22-70-24-26-72-28-30-74-32-34-76-36-35-75-33-31-73-29-27-71-25-23-69-21-16-48(64)61-49(40(2)3)51(66)60-46(9-8-17-57-52(54)67)50(65)59-44-12-10-43(11-13-44)39-77-53(68)62(6)20-18-55-5/h7,10-13,37-38,40,46,49,55H,1,8-9,14-36,39H2,2-6H3,(H,56,63)(H,59,65)(H,60,66)(H,61,64)(H3,54,57,67)/t46-,49-/m0/s1. The van der Waals surface area contributed by atoms with Gasteiger partial charge in [-0.25, -0.2) is 9.59 Å². The summed E-state index contributed by atoms with van der Waals surface area (Å²) >= 11 is 0. The highest BCUT2D eigenvalue weighted by Crippen LogP contribution is 2.14. The summed E-state index contributed by atoms with van der Waals surface area (Å²) in [7, 11) is 3.44. The van der Waals surface area contributed by atoms with E-state index in [2.05, 4.69) is 43.5 Å². The van der Waals surface area contributed by atoms with Crippen molar-refractivity contribution in [1.29, 1.82) is 0 Å². The molecule has 77 heavy (non-hydrogen) atoms.